The van der Waals surface area contributed by atoms with Crippen molar-refractivity contribution in [3.05, 3.63) is 42.8 Å². The summed E-state index contributed by atoms with van der Waals surface area (Å²) in [6, 6.07) is 1.81. The van der Waals surface area contributed by atoms with Crippen LogP contribution in [-0.4, -0.2) is 20.4 Å². The number of carbonyl (C=O) groups excluding carboxylic acids is 1. The van der Waals surface area contributed by atoms with Crippen molar-refractivity contribution in [2.24, 2.45) is 0 Å². The second-order valence-electron chi connectivity index (χ2n) is 3.35. The lowest BCUT2D eigenvalue weighted by Crippen LogP contribution is -2.12. The molecule has 1 radical (unpaired) electrons. The van der Waals surface area contributed by atoms with Crippen LogP contribution in [0.15, 0.2) is 37.1 Å². The maximum Gasteiger partial charge on any atom is 0.270 e. The Hall–Kier alpha value is -2.43. The largest absolute Gasteiger partial charge is 0.305 e. The summed E-state index contributed by atoms with van der Waals surface area (Å²) in [6.45, 7) is 0. The number of rotatable bonds is 1. The number of hydrogen-bond acceptors (Lipinski definition) is 3. The number of amides is 1. The fraction of sp³-hybridized carbons (Fsp3) is 0. The van der Waals surface area contributed by atoms with Gasteiger partial charge in [0.15, 0.2) is 0 Å². The van der Waals surface area contributed by atoms with Gasteiger partial charge in [-0.15, -0.1) is 0 Å². The third-order valence-corrected chi connectivity index (χ3v) is 2.30. The van der Waals surface area contributed by atoms with Crippen LogP contribution in [0.3, 0.4) is 0 Å². The SMILES string of the molecule is O=C1C=Cc2ncc(-n3ccnc3)cc2[N]1. The third-order valence-electron chi connectivity index (χ3n) is 2.30. The van der Waals surface area contributed by atoms with E-state index in [0.717, 1.165) is 5.69 Å². The Bertz CT molecular complexity index is 572. The van der Waals surface area contributed by atoms with Crippen LogP contribution in [0.4, 0.5) is 5.69 Å². The summed E-state index contributed by atoms with van der Waals surface area (Å²) < 4.78 is 1.81. The van der Waals surface area contributed by atoms with E-state index in [1.165, 1.54) is 6.08 Å². The van der Waals surface area contributed by atoms with E-state index in [9.17, 15) is 4.79 Å². The smallest absolute Gasteiger partial charge is 0.270 e. The van der Waals surface area contributed by atoms with E-state index in [2.05, 4.69) is 15.3 Å². The van der Waals surface area contributed by atoms with Crippen LogP contribution in [0.1, 0.15) is 5.69 Å². The van der Waals surface area contributed by atoms with Crippen molar-refractivity contribution in [1.82, 2.24) is 19.9 Å². The summed E-state index contributed by atoms with van der Waals surface area (Å²) >= 11 is 0. The monoisotopic (exact) mass is 211 g/mol. The van der Waals surface area contributed by atoms with E-state index in [1.807, 2.05) is 16.8 Å². The Labute approximate surface area is 91.5 Å². The minimum atomic E-state index is -0.253. The molecule has 16 heavy (non-hydrogen) atoms. The van der Waals surface area contributed by atoms with Gasteiger partial charge in [0.25, 0.3) is 5.91 Å². The molecule has 0 bridgehead atoms. The highest BCUT2D eigenvalue weighted by atomic mass is 16.1. The van der Waals surface area contributed by atoms with Crippen LogP contribution >= 0.6 is 0 Å². The standard InChI is InChI=1S/C11H7N4O/c16-11-2-1-9-10(14-11)5-8(6-13-9)15-4-3-12-7-15/h1-7H. The number of hydrogen-bond donors (Lipinski definition) is 0. The lowest BCUT2D eigenvalue weighted by Gasteiger charge is -2.10. The molecule has 0 atom stereocenters. The quantitative estimate of drug-likeness (QED) is 0.708. The van der Waals surface area contributed by atoms with Crippen LogP contribution in [0, 0.1) is 0 Å². The molecule has 3 rings (SSSR count). The molecule has 5 nitrogen and oxygen atoms in total. The molecule has 0 aliphatic carbocycles. The van der Waals surface area contributed by atoms with Gasteiger partial charge < -0.3 is 4.57 Å². The average Bonchev–Trinajstić information content (AvgIpc) is 2.81. The molecule has 5 heteroatoms. The lowest BCUT2D eigenvalue weighted by atomic mass is 10.2. The first-order valence-corrected chi connectivity index (χ1v) is 4.75. The number of aromatic nitrogens is 3. The predicted octanol–water partition coefficient (Wildman–Crippen LogP) is 1.06. The highest BCUT2D eigenvalue weighted by Crippen LogP contribution is 2.21. The Morgan fingerprint density at radius 1 is 1.25 bits per heavy atom. The van der Waals surface area contributed by atoms with E-state index in [1.54, 1.807) is 24.8 Å². The van der Waals surface area contributed by atoms with Crippen molar-refractivity contribution in [1.29, 1.82) is 0 Å². The van der Waals surface area contributed by atoms with E-state index >= 15 is 0 Å². The number of pyridine rings is 1. The van der Waals surface area contributed by atoms with Crippen LogP contribution in [0.5, 0.6) is 0 Å². The highest BCUT2D eigenvalue weighted by molar-refractivity contribution is 5.98. The van der Waals surface area contributed by atoms with Crippen LogP contribution < -0.4 is 5.32 Å². The van der Waals surface area contributed by atoms with Crippen LogP contribution in [-0.2, 0) is 4.79 Å². The third kappa shape index (κ3) is 1.38. The summed E-state index contributed by atoms with van der Waals surface area (Å²) in [7, 11) is 0. The second kappa shape index (κ2) is 3.30. The Morgan fingerprint density at radius 3 is 3.00 bits per heavy atom. The molecular formula is C11H7N4O. The van der Waals surface area contributed by atoms with Crippen molar-refractivity contribution in [3.8, 4) is 5.69 Å². The molecule has 1 aliphatic rings. The zero-order valence-electron chi connectivity index (χ0n) is 8.24. The number of nitrogens with zero attached hydrogens (tertiary/aromatic N) is 4. The molecule has 0 saturated carbocycles. The molecule has 1 aliphatic heterocycles. The van der Waals surface area contributed by atoms with Gasteiger partial charge in [-0.05, 0) is 12.1 Å². The average molecular weight is 211 g/mol. The minimum absolute atomic E-state index is 0.253. The summed E-state index contributed by atoms with van der Waals surface area (Å²) in [4.78, 5) is 19.3. The molecule has 0 unspecified atom stereocenters. The van der Waals surface area contributed by atoms with Gasteiger partial charge >= 0.3 is 0 Å². The van der Waals surface area contributed by atoms with E-state index in [0.29, 0.717) is 11.4 Å². The molecule has 77 valence electrons. The summed E-state index contributed by atoms with van der Waals surface area (Å²) in [5.41, 5.74) is 2.14. The van der Waals surface area contributed by atoms with Gasteiger partial charge in [-0.25, -0.2) is 10.3 Å². The van der Waals surface area contributed by atoms with E-state index < -0.39 is 0 Å². The van der Waals surface area contributed by atoms with E-state index in [4.69, 9.17) is 0 Å². The van der Waals surface area contributed by atoms with Gasteiger partial charge in [-0.2, -0.15) is 0 Å². The van der Waals surface area contributed by atoms with Gasteiger partial charge in [0.1, 0.15) is 0 Å². The molecule has 2 aromatic heterocycles. The molecule has 0 aromatic carbocycles. The van der Waals surface area contributed by atoms with Gasteiger partial charge in [0.05, 0.1) is 29.6 Å². The molecule has 3 heterocycles. The molecule has 0 saturated heterocycles. The topological polar surface area (TPSA) is 61.9 Å². The Morgan fingerprint density at radius 2 is 2.19 bits per heavy atom. The van der Waals surface area contributed by atoms with Gasteiger partial charge in [0, 0.05) is 18.5 Å². The number of imidazole rings is 1. The normalized spacial score (nSPS) is 13.4. The van der Waals surface area contributed by atoms with Gasteiger partial charge in [0.2, 0.25) is 0 Å². The first-order valence-electron chi connectivity index (χ1n) is 4.75. The lowest BCUT2D eigenvalue weighted by molar-refractivity contribution is -0.115. The van der Waals surface area contributed by atoms with Gasteiger partial charge in [-0.1, -0.05) is 0 Å². The summed E-state index contributed by atoms with van der Waals surface area (Å²) in [5.74, 6) is -0.253. The zero-order chi connectivity index (χ0) is 11.0. The number of fused-ring (bicyclic) bond motifs is 1. The predicted molar refractivity (Wildman–Crippen MR) is 57.2 cm³/mol. The molecule has 0 spiro atoms. The first kappa shape index (κ1) is 8.84. The Kier molecular flexibility index (Phi) is 1.83. The maximum absolute atomic E-state index is 11.1. The van der Waals surface area contributed by atoms with Crippen molar-refractivity contribution in [3.63, 3.8) is 0 Å². The molecule has 0 N–H and O–H groups in total. The Balaban J connectivity index is 2.09. The van der Waals surface area contributed by atoms with E-state index in [-0.39, 0.29) is 5.91 Å². The first-order chi connectivity index (χ1) is 7.83. The summed E-state index contributed by atoms with van der Waals surface area (Å²) in [6.07, 6.45) is 9.96. The van der Waals surface area contributed by atoms with Crippen molar-refractivity contribution < 1.29 is 4.79 Å². The maximum atomic E-state index is 11.1. The molecule has 1 amide bonds. The van der Waals surface area contributed by atoms with Gasteiger partial charge in [-0.3, -0.25) is 9.78 Å². The van der Waals surface area contributed by atoms with Crippen LogP contribution in [0.25, 0.3) is 11.8 Å². The fourth-order valence-electron chi connectivity index (χ4n) is 1.53. The number of carbonyl (C=O) groups is 1. The zero-order valence-corrected chi connectivity index (χ0v) is 8.24. The van der Waals surface area contributed by atoms with Crippen molar-refractivity contribution in [2.45, 2.75) is 0 Å². The second-order valence-corrected chi connectivity index (χ2v) is 3.35. The minimum Gasteiger partial charge on any atom is -0.305 e. The molecule has 2 aromatic rings. The highest BCUT2D eigenvalue weighted by Gasteiger charge is 2.13. The van der Waals surface area contributed by atoms with Crippen LogP contribution in [0.2, 0.25) is 0 Å². The fourth-order valence-corrected chi connectivity index (χ4v) is 1.53. The molecular weight excluding hydrogens is 204 g/mol. The van der Waals surface area contributed by atoms with Crippen molar-refractivity contribution in [2.75, 3.05) is 0 Å². The van der Waals surface area contributed by atoms with Crippen molar-refractivity contribution >= 4 is 17.7 Å². The molecule has 0 fully saturated rings. The summed E-state index contributed by atoms with van der Waals surface area (Å²) in [5, 5.41) is 3.89.